The first kappa shape index (κ1) is 17.5. The highest BCUT2D eigenvalue weighted by Crippen LogP contribution is 2.35. The van der Waals surface area contributed by atoms with Gasteiger partial charge in [0.05, 0.1) is 11.3 Å². The zero-order valence-corrected chi connectivity index (χ0v) is 15.7. The highest BCUT2D eigenvalue weighted by Gasteiger charge is 2.30. The quantitative estimate of drug-likeness (QED) is 0.686. The number of anilines is 3. The lowest BCUT2D eigenvalue weighted by molar-refractivity contribution is -0.118. The molecule has 0 saturated carbocycles. The maximum atomic E-state index is 12.4. The third-order valence-electron chi connectivity index (χ3n) is 5.51. The minimum atomic E-state index is -0.467. The van der Waals surface area contributed by atoms with Crippen LogP contribution in [0.15, 0.2) is 58.1 Å². The van der Waals surface area contributed by atoms with E-state index in [0.29, 0.717) is 41.3 Å². The van der Waals surface area contributed by atoms with Crippen molar-refractivity contribution in [3.8, 4) is 16.9 Å². The SMILES string of the molecule is O=C1COc2cc(-c3c(N4CCN(c5ccccc5)CC4)c(=O)c3=O)ccc2N1. The molecule has 0 radical (unpaired) electrons. The van der Waals surface area contributed by atoms with Crippen molar-refractivity contribution in [1.29, 1.82) is 0 Å². The van der Waals surface area contributed by atoms with Crippen LogP contribution >= 0.6 is 0 Å². The zero-order valence-electron chi connectivity index (χ0n) is 15.7. The molecule has 0 aromatic heterocycles. The molecule has 2 heterocycles. The highest BCUT2D eigenvalue weighted by molar-refractivity contribution is 5.96. The largest absolute Gasteiger partial charge is 0.482 e. The topological polar surface area (TPSA) is 79.0 Å². The molecule has 146 valence electrons. The molecule has 1 amide bonds. The van der Waals surface area contributed by atoms with Crippen LogP contribution in [0.1, 0.15) is 0 Å². The molecule has 5 rings (SSSR count). The Morgan fingerprint density at radius 3 is 2.31 bits per heavy atom. The lowest BCUT2D eigenvalue weighted by atomic mass is 9.96. The Hall–Kier alpha value is -3.61. The first-order valence-electron chi connectivity index (χ1n) is 9.57. The Labute approximate surface area is 166 Å². The summed E-state index contributed by atoms with van der Waals surface area (Å²) in [6, 6.07) is 15.3. The first-order chi connectivity index (χ1) is 14.1. The Kier molecular flexibility index (Phi) is 4.08. The number of ether oxygens (including phenoxy) is 1. The monoisotopic (exact) mass is 389 g/mol. The molecule has 1 fully saturated rings. The van der Waals surface area contributed by atoms with Gasteiger partial charge in [0.25, 0.3) is 5.91 Å². The molecule has 0 spiro atoms. The van der Waals surface area contributed by atoms with Crippen LogP contribution in [0.2, 0.25) is 0 Å². The molecule has 2 aliphatic rings. The Bertz CT molecular complexity index is 1160. The Morgan fingerprint density at radius 1 is 0.828 bits per heavy atom. The molecule has 7 nitrogen and oxygen atoms in total. The van der Waals surface area contributed by atoms with E-state index in [4.69, 9.17) is 4.74 Å². The van der Waals surface area contributed by atoms with Crippen molar-refractivity contribution in [3.05, 3.63) is 69.0 Å². The van der Waals surface area contributed by atoms with Crippen molar-refractivity contribution >= 4 is 23.0 Å². The number of carbonyl (C=O) groups excluding carboxylic acids is 1. The summed E-state index contributed by atoms with van der Waals surface area (Å²) in [6.07, 6.45) is 0. The molecule has 1 saturated heterocycles. The zero-order chi connectivity index (χ0) is 20.0. The van der Waals surface area contributed by atoms with Gasteiger partial charge in [-0.3, -0.25) is 14.4 Å². The lowest BCUT2D eigenvalue weighted by Gasteiger charge is -2.38. The van der Waals surface area contributed by atoms with Gasteiger partial charge < -0.3 is 19.9 Å². The summed E-state index contributed by atoms with van der Waals surface area (Å²) in [5, 5.41) is 2.73. The van der Waals surface area contributed by atoms with Crippen LogP contribution in [0.25, 0.3) is 11.1 Å². The standard InChI is InChI=1S/C22H19N3O4/c26-18-13-29-17-12-14(6-7-16(17)23-18)19-20(22(28)21(19)27)25-10-8-24(9-11-25)15-4-2-1-3-5-15/h1-7,12H,8-11,13H2,(H,23,26). The highest BCUT2D eigenvalue weighted by atomic mass is 16.5. The average molecular weight is 389 g/mol. The predicted octanol–water partition coefficient (Wildman–Crippen LogP) is 1.61. The fourth-order valence-electron chi connectivity index (χ4n) is 4.01. The second-order valence-corrected chi connectivity index (χ2v) is 7.24. The summed E-state index contributed by atoms with van der Waals surface area (Å²) in [6.45, 7) is 2.84. The van der Waals surface area contributed by atoms with Crippen LogP contribution in [-0.4, -0.2) is 38.7 Å². The Balaban J connectivity index is 1.40. The van der Waals surface area contributed by atoms with Crippen molar-refractivity contribution in [2.75, 3.05) is 47.9 Å². The van der Waals surface area contributed by atoms with E-state index < -0.39 is 10.9 Å². The number of piperazine rings is 1. The van der Waals surface area contributed by atoms with Crippen LogP contribution < -0.4 is 30.7 Å². The molecule has 0 bridgehead atoms. The molecule has 0 aliphatic carbocycles. The van der Waals surface area contributed by atoms with E-state index >= 15 is 0 Å². The second kappa shape index (κ2) is 6.77. The molecular formula is C22H19N3O4. The predicted molar refractivity (Wildman–Crippen MR) is 112 cm³/mol. The molecule has 3 aromatic rings. The van der Waals surface area contributed by atoms with Crippen LogP contribution in [0.5, 0.6) is 5.75 Å². The van der Waals surface area contributed by atoms with Gasteiger partial charge in [-0.05, 0) is 29.8 Å². The molecule has 1 N–H and O–H groups in total. The van der Waals surface area contributed by atoms with E-state index in [-0.39, 0.29) is 12.5 Å². The lowest BCUT2D eigenvalue weighted by Crippen LogP contribution is -2.51. The van der Waals surface area contributed by atoms with Gasteiger partial charge in [-0.1, -0.05) is 24.3 Å². The van der Waals surface area contributed by atoms with Crippen LogP contribution in [-0.2, 0) is 4.79 Å². The van der Waals surface area contributed by atoms with Crippen LogP contribution in [0, 0.1) is 0 Å². The molecule has 2 aliphatic heterocycles. The molecular weight excluding hydrogens is 370 g/mol. The van der Waals surface area contributed by atoms with Gasteiger partial charge in [0, 0.05) is 31.9 Å². The van der Waals surface area contributed by atoms with Crippen molar-refractivity contribution in [1.82, 2.24) is 0 Å². The minimum Gasteiger partial charge on any atom is -0.482 e. The molecule has 0 unspecified atom stereocenters. The van der Waals surface area contributed by atoms with Gasteiger partial charge in [-0.15, -0.1) is 0 Å². The van der Waals surface area contributed by atoms with E-state index in [1.54, 1.807) is 18.2 Å². The molecule has 29 heavy (non-hydrogen) atoms. The van der Waals surface area contributed by atoms with E-state index in [0.717, 1.165) is 18.8 Å². The number of benzene rings is 2. The summed E-state index contributed by atoms with van der Waals surface area (Å²) in [4.78, 5) is 40.5. The van der Waals surface area contributed by atoms with Crippen molar-refractivity contribution in [2.24, 2.45) is 0 Å². The van der Waals surface area contributed by atoms with E-state index in [9.17, 15) is 14.4 Å². The molecule has 7 heteroatoms. The summed E-state index contributed by atoms with van der Waals surface area (Å²) in [5.74, 6) is 0.298. The fourth-order valence-corrected chi connectivity index (χ4v) is 4.01. The number of carbonyl (C=O) groups is 1. The van der Waals surface area contributed by atoms with Crippen molar-refractivity contribution < 1.29 is 9.53 Å². The van der Waals surface area contributed by atoms with Gasteiger partial charge in [-0.2, -0.15) is 0 Å². The third-order valence-corrected chi connectivity index (χ3v) is 5.51. The van der Waals surface area contributed by atoms with Gasteiger partial charge in [0.1, 0.15) is 11.4 Å². The summed E-state index contributed by atoms with van der Waals surface area (Å²) in [5.41, 5.74) is 2.40. The molecule has 3 aromatic carbocycles. The van der Waals surface area contributed by atoms with E-state index in [1.807, 2.05) is 23.1 Å². The summed E-state index contributed by atoms with van der Waals surface area (Å²) < 4.78 is 5.45. The fraction of sp³-hybridized carbons (Fsp3) is 0.227. The van der Waals surface area contributed by atoms with Crippen molar-refractivity contribution in [3.63, 3.8) is 0 Å². The number of nitrogens with zero attached hydrogens (tertiary/aromatic N) is 2. The smallest absolute Gasteiger partial charge is 0.262 e. The summed E-state index contributed by atoms with van der Waals surface area (Å²) >= 11 is 0. The first-order valence-corrected chi connectivity index (χ1v) is 9.57. The maximum absolute atomic E-state index is 12.4. The van der Waals surface area contributed by atoms with Gasteiger partial charge >= 0.3 is 0 Å². The number of para-hydroxylation sites is 1. The number of nitrogens with one attached hydrogen (secondary N) is 1. The van der Waals surface area contributed by atoms with Gasteiger partial charge in [-0.25, -0.2) is 0 Å². The van der Waals surface area contributed by atoms with Crippen LogP contribution in [0.3, 0.4) is 0 Å². The van der Waals surface area contributed by atoms with Crippen molar-refractivity contribution in [2.45, 2.75) is 0 Å². The van der Waals surface area contributed by atoms with Crippen LogP contribution in [0.4, 0.5) is 17.1 Å². The number of hydrogen-bond donors (Lipinski definition) is 1. The number of fused-ring (bicyclic) bond motifs is 1. The van der Waals surface area contributed by atoms with E-state index in [1.165, 1.54) is 0 Å². The maximum Gasteiger partial charge on any atom is 0.262 e. The average Bonchev–Trinajstić information content (AvgIpc) is 2.77. The third kappa shape index (κ3) is 2.95. The van der Waals surface area contributed by atoms with Gasteiger partial charge in [0.15, 0.2) is 6.61 Å². The normalized spacial score (nSPS) is 16.3. The van der Waals surface area contributed by atoms with E-state index in [2.05, 4.69) is 22.3 Å². The van der Waals surface area contributed by atoms with Gasteiger partial charge in [0.2, 0.25) is 10.9 Å². The molecule has 0 atom stereocenters. The number of amides is 1. The second-order valence-electron chi connectivity index (χ2n) is 7.24. The number of rotatable bonds is 3. The number of hydrogen-bond acceptors (Lipinski definition) is 6. The minimum absolute atomic E-state index is 0.0588. The Morgan fingerprint density at radius 2 is 1.55 bits per heavy atom. The summed E-state index contributed by atoms with van der Waals surface area (Å²) in [7, 11) is 0.